The van der Waals surface area contributed by atoms with Crippen LogP contribution in [0.5, 0.6) is 0 Å². The third-order valence-electron chi connectivity index (χ3n) is 8.02. The molecule has 2 saturated heterocycles. The van der Waals surface area contributed by atoms with Crippen molar-refractivity contribution >= 4 is 17.4 Å². The number of pyridine rings is 1. The second-order valence-corrected chi connectivity index (χ2v) is 10.6. The number of hydrogen-bond donors (Lipinski definition) is 1. The zero-order valence-electron chi connectivity index (χ0n) is 21.5. The predicted molar refractivity (Wildman–Crippen MR) is 145 cm³/mol. The van der Waals surface area contributed by atoms with Gasteiger partial charge < -0.3 is 20.0 Å². The summed E-state index contributed by atoms with van der Waals surface area (Å²) in [5.74, 6) is -0.0397. The van der Waals surface area contributed by atoms with Crippen LogP contribution >= 0.6 is 0 Å². The first kappa shape index (κ1) is 24.8. The monoisotopic (exact) mass is 517 g/mol. The zero-order chi connectivity index (χ0) is 26.1. The Morgan fingerprint density at radius 3 is 2.58 bits per heavy atom. The van der Waals surface area contributed by atoms with E-state index in [1.165, 1.54) is 25.0 Å². The molecule has 1 atom stereocenters. The van der Waals surface area contributed by atoms with E-state index in [0.29, 0.717) is 30.3 Å². The molecular weight excluding hydrogens is 484 g/mol. The molecule has 1 aromatic heterocycles. The van der Waals surface area contributed by atoms with Crippen molar-refractivity contribution in [3.63, 3.8) is 0 Å². The summed E-state index contributed by atoms with van der Waals surface area (Å²) in [5, 5.41) is 3.29. The van der Waals surface area contributed by atoms with E-state index < -0.39 is 11.6 Å². The summed E-state index contributed by atoms with van der Waals surface area (Å²) in [6.07, 6.45) is 6.46. The van der Waals surface area contributed by atoms with Crippen molar-refractivity contribution in [3.8, 4) is 11.1 Å². The van der Waals surface area contributed by atoms with Gasteiger partial charge in [0, 0.05) is 61.7 Å². The van der Waals surface area contributed by atoms with Crippen molar-refractivity contribution < 1.29 is 13.6 Å². The molecule has 2 fully saturated rings. The number of nitrogens with one attached hydrogen (secondary N) is 1. The maximum atomic E-state index is 14.3. The number of fused-ring (bicyclic) bond motifs is 1. The second kappa shape index (κ2) is 10.7. The fraction of sp³-hybridized carbons (Fsp3) is 0.400. The molecule has 6 rings (SSSR count). The lowest BCUT2D eigenvalue weighted by Gasteiger charge is -2.32. The summed E-state index contributed by atoms with van der Waals surface area (Å²) in [4.78, 5) is 24.5. The molecule has 0 aliphatic carbocycles. The molecule has 6 nitrogen and oxygen atoms in total. The highest BCUT2D eigenvalue weighted by Crippen LogP contribution is 2.33. The number of amides is 1. The van der Waals surface area contributed by atoms with E-state index in [1.807, 2.05) is 41.4 Å². The van der Waals surface area contributed by atoms with Gasteiger partial charge in [0.2, 0.25) is 0 Å². The van der Waals surface area contributed by atoms with Gasteiger partial charge in [0.25, 0.3) is 5.91 Å². The van der Waals surface area contributed by atoms with Crippen LogP contribution in [0.2, 0.25) is 0 Å². The molecular formula is C30H33F2N5O. The number of carbonyl (C=O) groups excluding carboxylic acids is 1. The van der Waals surface area contributed by atoms with Gasteiger partial charge in [-0.05, 0) is 80.7 Å². The van der Waals surface area contributed by atoms with E-state index >= 15 is 0 Å². The van der Waals surface area contributed by atoms with Crippen LogP contribution in [0.1, 0.15) is 41.6 Å². The summed E-state index contributed by atoms with van der Waals surface area (Å²) >= 11 is 0. The minimum atomic E-state index is -0.449. The van der Waals surface area contributed by atoms with Crippen LogP contribution < -0.4 is 10.2 Å². The summed E-state index contributed by atoms with van der Waals surface area (Å²) in [5.41, 5.74) is 3.73. The van der Waals surface area contributed by atoms with Gasteiger partial charge in [-0.25, -0.2) is 13.8 Å². The molecule has 1 amide bonds. The van der Waals surface area contributed by atoms with Crippen LogP contribution in [0, 0.1) is 11.6 Å². The van der Waals surface area contributed by atoms with E-state index in [2.05, 4.69) is 20.1 Å². The Kier molecular flexibility index (Phi) is 6.98. The minimum Gasteiger partial charge on any atom is -0.367 e. The van der Waals surface area contributed by atoms with Crippen LogP contribution in [0.25, 0.3) is 11.1 Å². The van der Waals surface area contributed by atoms with Gasteiger partial charge in [0.1, 0.15) is 17.5 Å². The summed E-state index contributed by atoms with van der Waals surface area (Å²) in [6.45, 7) is 5.67. The van der Waals surface area contributed by atoms with Gasteiger partial charge >= 0.3 is 0 Å². The standard InChI is InChI=1S/C30H33F2N5O/c31-25-9-10-27(32)24(16-25)19-36-15-11-33-29-28(36)17-23(18-34-29)21-5-7-22(8-6-21)30(38)37-14-3-4-26(37)20-35-12-1-2-13-35/h5-10,16-18,26H,1-4,11-15,19-20H2,(H,33,34)/t26-/m0/s1. The molecule has 0 radical (unpaired) electrons. The molecule has 198 valence electrons. The number of aromatic nitrogens is 1. The van der Waals surface area contributed by atoms with Crippen LogP contribution in [0.4, 0.5) is 20.3 Å². The number of anilines is 2. The molecule has 0 saturated carbocycles. The normalized spacial score (nSPS) is 19.5. The molecule has 1 N–H and O–H groups in total. The number of likely N-dealkylation sites (tertiary alicyclic amines) is 2. The molecule has 3 aliphatic rings. The second-order valence-electron chi connectivity index (χ2n) is 10.6. The van der Waals surface area contributed by atoms with Crippen molar-refractivity contribution in [2.45, 2.75) is 38.3 Å². The van der Waals surface area contributed by atoms with Gasteiger partial charge in [-0.15, -0.1) is 0 Å². The molecule has 3 aliphatic heterocycles. The quantitative estimate of drug-likeness (QED) is 0.490. The Balaban J connectivity index is 1.19. The van der Waals surface area contributed by atoms with Crippen molar-refractivity contribution in [2.75, 3.05) is 49.5 Å². The number of halogens is 2. The zero-order valence-corrected chi connectivity index (χ0v) is 21.5. The Bertz CT molecular complexity index is 1310. The average Bonchev–Trinajstić information content (AvgIpc) is 3.63. The van der Waals surface area contributed by atoms with Crippen molar-refractivity contribution in [3.05, 3.63) is 77.5 Å². The lowest BCUT2D eigenvalue weighted by Crippen LogP contribution is -2.42. The molecule has 4 heterocycles. The Labute approximate surface area is 222 Å². The van der Waals surface area contributed by atoms with Gasteiger partial charge in [0.05, 0.1) is 5.69 Å². The van der Waals surface area contributed by atoms with Crippen molar-refractivity contribution in [1.82, 2.24) is 14.8 Å². The molecule has 8 heteroatoms. The topological polar surface area (TPSA) is 51.7 Å². The predicted octanol–water partition coefficient (Wildman–Crippen LogP) is 5.16. The smallest absolute Gasteiger partial charge is 0.254 e. The molecule has 0 spiro atoms. The number of carbonyl (C=O) groups is 1. The number of rotatable bonds is 6. The third-order valence-corrected chi connectivity index (χ3v) is 8.02. The fourth-order valence-electron chi connectivity index (χ4n) is 5.98. The summed E-state index contributed by atoms with van der Waals surface area (Å²) in [7, 11) is 0. The first-order chi connectivity index (χ1) is 18.5. The van der Waals surface area contributed by atoms with E-state index in [-0.39, 0.29) is 12.5 Å². The highest BCUT2D eigenvalue weighted by atomic mass is 19.1. The van der Waals surface area contributed by atoms with Gasteiger partial charge in [-0.3, -0.25) is 4.79 Å². The SMILES string of the molecule is O=C(c1ccc(-c2cnc3c(c2)N(Cc2cc(F)ccc2F)CCN3)cc1)N1CCC[C@H]1CN1CCCC1. The van der Waals surface area contributed by atoms with E-state index in [0.717, 1.165) is 67.7 Å². The van der Waals surface area contributed by atoms with E-state index in [9.17, 15) is 13.6 Å². The average molecular weight is 518 g/mol. The highest BCUT2D eigenvalue weighted by Gasteiger charge is 2.31. The van der Waals surface area contributed by atoms with Crippen LogP contribution in [-0.2, 0) is 6.54 Å². The van der Waals surface area contributed by atoms with Crippen LogP contribution in [0.15, 0.2) is 54.7 Å². The molecule has 38 heavy (non-hydrogen) atoms. The minimum absolute atomic E-state index is 0.106. The largest absolute Gasteiger partial charge is 0.367 e. The Morgan fingerprint density at radius 2 is 1.76 bits per heavy atom. The maximum Gasteiger partial charge on any atom is 0.254 e. The Morgan fingerprint density at radius 1 is 0.947 bits per heavy atom. The number of hydrogen-bond acceptors (Lipinski definition) is 5. The molecule has 0 bridgehead atoms. The summed E-state index contributed by atoms with van der Waals surface area (Å²) < 4.78 is 28.1. The third kappa shape index (κ3) is 5.10. The molecule has 0 unspecified atom stereocenters. The first-order valence-electron chi connectivity index (χ1n) is 13.6. The molecule has 3 aromatic rings. The van der Waals surface area contributed by atoms with Gasteiger partial charge in [0.15, 0.2) is 0 Å². The lowest BCUT2D eigenvalue weighted by molar-refractivity contribution is 0.0709. The van der Waals surface area contributed by atoms with Crippen molar-refractivity contribution in [2.24, 2.45) is 0 Å². The van der Waals surface area contributed by atoms with Crippen molar-refractivity contribution in [1.29, 1.82) is 0 Å². The number of nitrogens with zero attached hydrogens (tertiary/aromatic N) is 4. The number of benzene rings is 2. The van der Waals surface area contributed by atoms with E-state index in [1.54, 1.807) is 0 Å². The fourth-order valence-corrected chi connectivity index (χ4v) is 5.98. The van der Waals surface area contributed by atoms with Gasteiger partial charge in [-0.1, -0.05) is 12.1 Å². The maximum absolute atomic E-state index is 14.3. The van der Waals surface area contributed by atoms with E-state index in [4.69, 9.17) is 0 Å². The van der Waals surface area contributed by atoms with Crippen LogP contribution in [-0.4, -0.2) is 66.0 Å². The Hall–Kier alpha value is -3.52. The van der Waals surface area contributed by atoms with Crippen LogP contribution in [0.3, 0.4) is 0 Å². The molecule has 2 aromatic carbocycles. The summed E-state index contributed by atoms with van der Waals surface area (Å²) in [6, 6.07) is 13.6. The first-order valence-corrected chi connectivity index (χ1v) is 13.6. The highest BCUT2D eigenvalue weighted by molar-refractivity contribution is 5.95. The van der Waals surface area contributed by atoms with Gasteiger partial charge in [-0.2, -0.15) is 0 Å². The lowest BCUT2D eigenvalue weighted by atomic mass is 10.0.